The van der Waals surface area contributed by atoms with Gasteiger partial charge in [0, 0.05) is 38.7 Å². The standard InChI is InChI=1S/C12H9.C11H8N.C8H11N.Ir/c1-3-7-11(8-4-1)12-9-5-2-6-10-12;1-2-6-10(7-3-1)11-8-4-5-9-12-11;1-7(2)8-3-5-9-6-4-8;/h1,3-10H;1-6,8-9H;3-7H,1-2H3;/q2*-1;;. The Bertz CT molecular complexity index is 999. The first-order valence-corrected chi connectivity index (χ1v) is 11.0. The van der Waals surface area contributed by atoms with Gasteiger partial charge in [-0.15, -0.1) is 41.5 Å². The van der Waals surface area contributed by atoms with E-state index < -0.39 is 0 Å². The zero-order valence-electron chi connectivity index (χ0n) is 19.4. The number of aromatic nitrogens is 2. The molecule has 1 radical (unpaired) electrons. The van der Waals surface area contributed by atoms with Gasteiger partial charge in [0.1, 0.15) is 0 Å². The van der Waals surface area contributed by atoms with Crippen molar-refractivity contribution >= 4 is 0 Å². The molecule has 173 valence electrons. The second kappa shape index (κ2) is 15.4. The van der Waals surface area contributed by atoms with Crippen LogP contribution in [0.15, 0.2) is 128 Å². The van der Waals surface area contributed by atoms with Gasteiger partial charge < -0.3 is 4.98 Å². The van der Waals surface area contributed by atoms with Crippen LogP contribution in [0.25, 0.3) is 22.4 Å². The van der Waals surface area contributed by atoms with Crippen molar-refractivity contribution in [3.63, 3.8) is 0 Å². The van der Waals surface area contributed by atoms with Crippen molar-refractivity contribution in [3.05, 3.63) is 145 Å². The third-order valence-electron chi connectivity index (χ3n) is 4.85. The smallest absolute Gasteiger partial charge is 0.0270 e. The molecule has 0 N–H and O–H groups in total. The minimum atomic E-state index is 0. The van der Waals surface area contributed by atoms with E-state index in [2.05, 4.69) is 60.2 Å². The first-order chi connectivity index (χ1) is 16.2. The molecule has 34 heavy (non-hydrogen) atoms. The summed E-state index contributed by atoms with van der Waals surface area (Å²) in [6.07, 6.45) is 5.45. The maximum atomic E-state index is 4.22. The number of rotatable bonds is 3. The van der Waals surface area contributed by atoms with Crippen molar-refractivity contribution < 1.29 is 20.1 Å². The van der Waals surface area contributed by atoms with E-state index in [1.54, 1.807) is 6.20 Å². The van der Waals surface area contributed by atoms with E-state index in [0.29, 0.717) is 5.92 Å². The second-order valence-corrected chi connectivity index (χ2v) is 7.58. The van der Waals surface area contributed by atoms with Crippen LogP contribution >= 0.6 is 0 Å². The second-order valence-electron chi connectivity index (χ2n) is 7.58. The van der Waals surface area contributed by atoms with Gasteiger partial charge in [0.25, 0.3) is 0 Å². The van der Waals surface area contributed by atoms with E-state index in [1.165, 1.54) is 16.7 Å². The van der Waals surface area contributed by atoms with Crippen LogP contribution in [0.2, 0.25) is 0 Å². The summed E-state index contributed by atoms with van der Waals surface area (Å²) in [6.45, 7) is 4.35. The van der Waals surface area contributed by atoms with Crippen molar-refractivity contribution in [2.24, 2.45) is 0 Å². The Morgan fingerprint density at radius 3 is 1.82 bits per heavy atom. The SMILES string of the molecule is CC(C)c1ccncc1.[Ir].[c-]1ccc(-c2ccccc2)cc1.[c-]1ccccc1-c1ccccn1. The molecule has 3 aromatic carbocycles. The van der Waals surface area contributed by atoms with Gasteiger partial charge >= 0.3 is 0 Å². The molecule has 0 amide bonds. The van der Waals surface area contributed by atoms with Crippen molar-refractivity contribution in [3.8, 4) is 22.4 Å². The van der Waals surface area contributed by atoms with Crippen LogP contribution in [0.4, 0.5) is 0 Å². The van der Waals surface area contributed by atoms with E-state index in [1.807, 2.05) is 97.3 Å². The third-order valence-corrected chi connectivity index (χ3v) is 4.85. The van der Waals surface area contributed by atoms with Crippen LogP contribution in [0.5, 0.6) is 0 Å². The molecule has 0 saturated carbocycles. The van der Waals surface area contributed by atoms with E-state index in [9.17, 15) is 0 Å². The molecular weight excluding hydrogens is 593 g/mol. The topological polar surface area (TPSA) is 25.8 Å². The predicted octanol–water partition coefficient (Wildman–Crippen LogP) is 7.91. The normalized spacial score (nSPS) is 9.50. The van der Waals surface area contributed by atoms with Crippen molar-refractivity contribution in [2.45, 2.75) is 19.8 Å². The van der Waals surface area contributed by atoms with E-state index >= 15 is 0 Å². The molecule has 0 aliphatic heterocycles. The van der Waals surface area contributed by atoms with Crippen molar-refractivity contribution in [1.29, 1.82) is 0 Å². The fourth-order valence-electron chi connectivity index (χ4n) is 3.03. The summed E-state index contributed by atoms with van der Waals surface area (Å²) in [6, 6.07) is 42.2. The minimum Gasteiger partial charge on any atom is -0.305 e. The number of hydrogen-bond donors (Lipinski definition) is 0. The van der Waals surface area contributed by atoms with Crippen LogP contribution < -0.4 is 0 Å². The fraction of sp³-hybridized carbons (Fsp3) is 0.0968. The van der Waals surface area contributed by atoms with Crippen LogP contribution in [-0.2, 0) is 20.1 Å². The summed E-state index contributed by atoms with van der Waals surface area (Å²) in [5.41, 5.74) is 5.86. The minimum absolute atomic E-state index is 0. The van der Waals surface area contributed by atoms with Crippen LogP contribution in [0, 0.1) is 12.1 Å². The van der Waals surface area contributed by atoms with E-state index in [4.69, 9.17) is 0 Å². The van der Waals surface area contributed by atoms with Gasteiger partial charge in [0.2, 0.25) is 0 Å². The van der Waals surface area contributed by atoms with Gasteiger partial charge in [-0.3, -0.25) is 4.98 Å². The summed E-state index contributed by atoms with van der Waals surface area (Å²) >= 11 is 0. The molecule has 0 unspecified atom stereocenters. The monoisotopic (exact) mass is 621 g/mol. The average Bonchev–Trinajstić information content (AvgIpc) is 2.92. The Balaban J connectivity index is 0.000000180. The summed E-state index contributed by atoms with van der Waals surface area (Å²) in [7, 11) is 0. The molecule has 0 spiro atoms. The summed E-state index contributed by atoms with van der Waals surface area (Å²) in [5.74, 6) is 0.619. The molecule has 5 aromatic rings. The largest absolute Gasteiger partial charge is 0.305 e. The van der Waals surface area contributed by atoms with Gasteiger partial charge in [-0.2, -0.15) is 30.3 Å². The molecule has 2 heterocycles. The van der Waals surface area contributed by atoms with Crippen molar-refractivity contribution in [1.82, 2.24) is 9.97 Å². The maximum Gasteiger partial charge on any atom is 0.0270 e. The van der Waals surface area contributed by atoms with Gasteiger partial charge in [0.15, 0.2) is 0 Å². The summed E-state index contributed by atoms with van der Waals surface area (Å²) in [4.78, 5) is 8.15. The molecule has 5 rings (SSSR count). The Labute approximate surface area is 217 Å². The van der Waals surface area contributed by atoms with Crippen LogP contribution in [0.3, 0.4) is 0 Å². The van der Waals surface area contributed by atoms with E-state index in [0.717, 1.165) is 11.3 Å². The molecule has 0 bridgehead atoms. The number of hydrogen-bond acceptors (Lipinski definition) is 2. The molecular formula is C31H28IrN2-2. The number of nitrogens with zero attached hydrogens (tertiary/aromatic N) is 2. The Morgan fingerprint density at radius 1 is 0.618 bits per heavy atom. The van der Waals surface area contributed by atoms with E-state index in [-0.39, 0.29) is 20.1 Å². The quantitative estimate of drug-likeness (QED) is 0.192. The van der Waals surface area contributed by atoms with Crippen LogP contribution in [-0.4, -0.2) is 9.97 Å². The molecule has 0 fully saturated rings. The van der Waals surface area contributed by atoms with Gasteiger partial charge in [-0.25, -0.2) is 0 Å². The molecule has 0 aliphatic carbocycles. The maximum absolute atomic E-state index is 4.22. The molecule has 2 aromatic heterocycles. The first kappa shape index (κ1) is 26.9. The Hall–Kier alpha value is -3.39. The Kier molecular flexibility index (Phi) is 12.2. The number of pyridine rings is 2. The fourth-order valence-corrected chi connectivity index (χ4v) is 3.03. The zero-order chi connectivity index (χ0) is 23.1. The summed E-state index contributed by atoms with van der Waals surface area (Å²) in [5, 5.41) is 0. The van der Waals surface area contributed by atoms with Crippen molar-refractivity contribution in [2.75, 3.05) is 0 Å². The first-order valence-electron chi connectivity index (χ1n) is 11.0. The molecule has 3 heteroatoms. The zero-order valence-corrected chi connectivity index (χ0v) is 21.8. The van der Waals surface area contributed by atoms with Crippen LogP contribution in [0.1, 0.15) is 25.3 Å². The molecule has 0 saturated heterocycles. The molecule has 2 nitrogen and oxygen atoms in total. The average molecular weight is 621 g/mol. The number of benzene rings is 3. The molecule has 0 atom stereocenters. The third kappa shape index (κ3) is 9.23. The summed E-state index contributed by atoms with van der Waals surface area (Å²) < 4.78 is 0. The Morgan fingerprint density at radius 2 is 1.26 bits per heavy atom. The predicted molar refractivity (Wildman–Crippen MR) is 138 cm³/mol. The van der Waals surface area contributed by atoms with Gasteiger partial charge in [0.05, 0.1) is 0 Å². The molecule has 0 aliphatic rings. The van der Waals surface area contributed by atoms with Gasteiger partial charge in [-0.05, 0) is 40.9 Å². The van der Waals surface area contributed by atoms with Gasteiger partial charge in [-0.1, -0.05) is 56.3 Å².